The highest BCUT2D eigenvalue weighted by Gasteiger charge is 2.30. The van der Waals surface area contributed by atoms with Crippen molar-refractivity contribution in [2.75, 3.05) is 0 Å². The minimum absolute atomic E-state index is 0.625. The predicted molar refractivity (Wildman–Crippen MR) is 200 cm³/mol. The number of aromatic nitrogens is 3. The zero-order chi connectivity index (χ0) is 32.1. The highest BCUT2D eigenvalue weighted by Crippen LogP contribution is 2.54. The number of furan rings is 1. The molecule has 2 heterocycles. The first kappa shape index (κ1) is 26.4. The summed E-state index contributed by atoms with van der Waals surface area (Å²) in [6, 6.07) is 53.2. The van der Waals surface area contributed by atoms with Gasteiger partial charge in [0.15, 0.2) is 17.5 Å². The van der Waals surface area contributed by atoms with Gasteiger partial charge in [-0.2, -0.15) is 0 Å². The van der Waals surface area contributed by atoms with Gasteiger partial charge in [-0.3, -0.25) is 0 Å². The van der Waals surface area contributed by atoms with Crippen molar-refractivity contribution in [2.45, 2.75) is 0 Å². The number of rotatable bonds is 3. The smallest absolute Gasteiger partial charge is 0.165 e. The molecule has 0 radical (unpaired) electrons. The zero-order valence-corrected chi connectivity index (χ0v) is 26.2. The lowest BCUT2D eigenvalue weighted by atomic mass is 9.93. The van der Waals surface area contributed by atoms with Gasteiger partial charge in [-0.1, -0.05) is 127 Å². The number of benzene rings is 8. The van der Waals surface area contributed by atoms with Gasteiger partial charge in [0.1, 0.15) is 11.2 Å². The van der Waals surface area contributed by atoms with E-state index in [0.717, 1.165) is 60.5 Å². The zero-order valence-electron chi connectivity index (χ0n) is 26.2. The molecule has 0 bridgehead atoms. The lowest BCUT2D eigenvalue weighted by Crippen LogP contribution is -2.01. The molecular formula is C45H25N3O. The van der Waals surface area contributed by atoms with Crippen LogP contribution in [0.5, 0.6) is 0 Å². The van der Waals surface area contributed by atoms with E-state index in [4.69, 9.17) is 19.4 Å². The van der Waals surface area contributed by atoms with Crippen LogP contribution < -0.4 is 0 Å². The molecule has 49 heavy (non-hydrogen) atoms. The van der Waals surface area contributed by atoms with E-state index >= 15 is 0 Å². The number of hydrogen-bond donors (Lipinski definition) is 0. The van der Waals surface area contributed by atoms with E-state index in [1.54, 1.807) is 0 Å². The monoisotopic (exact) mass is 623 g/mol. The van der Waals surface area contributed by atoms with Gasteiger partial charge in [0.2, 0.25) is 0 Å². The first-order valence-corrected chi connectivity index (χ1v) is 16.5. The fraction of sp³-hybridized carbons (Fsp3) is 0. The Hall–Kier alpha value is -6.65. The number of para-hydroxylation sites is 1. The van der Waals surface area contributed by atoms with Crippen LogP contribution in [-0.2, 0) is 0 Å². The third kappa shape index (κ3) is 3.89. The van der Waals surface area contributed by atoms with E-state index in [2.05, 4.69) is 140 Å². The van der Waals surface area contributed by atoms with E-state index in [9.17, 15) is 0 Å². The van der Waals surface area contributed by atoms with Crippen molar-refractivity contribution in [3.05, 3.63) is 152 Å². The lowest BCUT2D eigenvalue weighted by Gasteiger charge is -2.14. The van der Waals surface area contributed by atoms with Crippen molar-refractivity contribution in [2.24, 2.45) is 0 Å². The molecule has 4 heteroatoms. The fourth-order valence-electron chi connectivity index (χ4n) is 7.78. The van der Waals surface area contributed by atoms with Crippen molar-refractivity contribution in [1.29, 1.82) is 0 Å². The standard InChI is InChI=1S/C45H25N3O/c1-3-11-29-23-31(21-19-26(29)9-1)43-46-44(32-22-20-27-10-2-4-12-30(27)24-32)48-45(47-43)42-40-35-17-8-14-28-13-7-16-33(39(28)35)36(40)25-38-41(42)34-15-5-6-18-37(34)49-38/h1-25H. The largest absolute Gasteiger partial charge is 0.456 e. The number of nitrogens with zero attached hydrogens (tertiary/aromatic N) is 3. The second kappa shape index (κ2) is 9.93. The third-order valence-electron chi connectivity index (χ3n) is 10.0. The number of fused-ring (bicyclic) bond motifs is 8. The Bertz CT molecular complexity index is 2910. The van der Waals surface area contributed by atoms with Gasteiger partial charge in [-0.05, 0) is 73.3 Å². The second-order valence-electron chi connectivity index (χ2n) is 12.8. The highest BCUT2D eigenvalue weighted by atomic mass is 16.3. The molecule has 0 spiro atoms. The summed E-state index contributed by atoms with van der Waals surface area (Å²) >= 11 is 0. The Balaban J connectivity index is 1.27. The molecule has 2 aromatic heterocycles. The van der Waals surface area contributed by atoms with E-state index < -0.39 is 0 Å². The van der Waals surface area contributed by atoms with Gasteiger partial charge >= 0.3 is 0 Å². The van der Waals surface area contributed by atoms with E-state index in [-0.39, 0.29) is 0 Å². The molecule has 0 N–H and O–H groups in total. The molecule has 10 aromatic rings. The Labute approximate surface area is 281 Å². The molecule has 0 saturated heterocycles. The molecule has 11 rings (SSSR count). The molecule has 0 amide bonds. The molecule has 0 saturated carbocycles. The summed E-state index contributed by atoms with van der Waals surface area (Å²) in [6.07, 6.45) is 0. The maximum absolute atomic E-state index is 6.59. The summed E-state index contributed by atoms with van der Waals surface area (Å²) in [7, 11) is 0. The molecule has 0 atom stereocenters. The topological polar surface area (TPSA) is 51.8 Å². The molecule has 226 valence electrons. The molecule has 4 nitrogen and oxygen atoms in total. The van der Waals surface area contributed by atoms with Crippen LogP contribution in [0.4, 0.5) is 0 Å². The summed E-state index contributed by atoms with van der Waals surface area (Å²) in [5.74, 6) is 1.89. The first-order chi connectivity index (χ1) is 24.3. The molecule has 1 aliphatic carbocycles. The highest BCUT2D eigenvalue weighted by molar-refractivity contribution is 6.25. The van der Waals surface area contributed by atoms with Crippen molar-refractivity contribution in [1.82, 2.24) is 15.0 Å². The van der Waals surface area contributed by atoms with Crippen LogP contribution in [-0.4, -0.2) is 15.0 Å². The number of hydrogen-bond acceptors (Lipinski definition) is 4. The summed E-state index contributed by atoms with van der Waals surface area (Å²) in [4.78, 5) is 15.9. The lowest BCUT2D eigenvalue weighted by molar-refractivity contribution is 0.669. The molecule has 0 fully saturated rings. The van der Waals surface area contributed by atoms with Crippen molar-refractivity contribution in [3.63, 3.8) is 0 Å². The van der Waals surface area contributed by atoms with E-state index in [0.29, 0.717) is 17.5 Å². The Kier molecular flexibility index (Phi) is 5.35. The van der Waals surface area contributed by atoms with Gasteiger partial charge in [0, 0.05) is 33.0 Å². The average Bonchev–Trinajstić information content (AvgIpc) is 3.70. The molecule has 0 unspecified atom stereocenters. The summed E-state index contributed by atoms with van der Waals surface area (Å²) < 4.78 is 6.59. The second-order valence-corrected chi connectivity index (χ2v) is 12.8. The van der Waals surface area contributed by atoms with Crippen LogP contribution in [0.1, 0.15) is 0 Å². The van der Waals surface area contributed by atoms with Gasteiger partial charge < -0.3 is 4.42 Å². The van der Waals surface area contributed by atoms with Crippen molar-refractivity contribution >= 4 is 54.3 Å². The Morgan fingerprint density at radius 2 is 0.918 bits per heavy atom. The minimum atomic E-state index is 0.625. The predicted octanol–water partition coefficient (Wildman–Crippen LogP) is 11.9. The quantitative estimate of drug-likeness (QED) is 0.196. The third-order valence-corrected chi connectivity index (χ3v) is 10.0. The minimum Gasteiger partial charge on any atom is -0.456 e. The SMILES string of the molecule is c1ccc2cc(-c3nc(-c4ccc5ccccc5c4)nc(-c4c5c(cc6oc7ccccc7c46)-c4cccc6cccc-5c46)n3)ccc2c1. The maximum Gasteiger partial charge on any atom is 0.165 e. The average molecular weight is 624 g/mol. The Morgan fingerprint density at radius 3 is 1.61 bits per heavy atom. The van der Waals surface area contributed by atoms with Gasteiger partial charge in [0.25, 0.3) is 0 Å². The first-order valence-electron chi connectivity index (χ1n) is 16.5. The van der Waals surface area contributed by atoms with Gasteiger partial charge in [-0.25, -0.2) is 15.0 Å². The molecular weight excluding hydrogens is 599 g/mol. The van der Waals surface area contributed by atoms with Crippen LogP contribution >= 0.6 is 0 Å². The van der Waals surface area contributed by atoms with Gasteiger partial charge in [0.05, 0.1) is 0 Å². The molecule has 8 aromatic carbocycles. The molecule has 1 aliphatic rings. The van der Waals surface area contributed by atoms with Crippen molar-refractivity contribution in [3.8, 4) is 56.4 Å². The van der Waals surface area contributed by atoms with Crippen LogP contribution in [0.3, 0.4) is 0 Å². The normalized spacial score (nSPS) is 12.1. The maximum atomic E-state index is 6.59. The van der Waals surface area contributed by atoms with Crippen LogP contribution in [0.2, 0.25) is 0 Å². The van der Waals surface area contributed by atoms with Crippen LogP contribution in [0.25, 0.3) is 111 Å². The Morgan fingerprint density at radius 1 is 0.347 bits per heavy atom. The summed E-state index contributed by atoms with van der Waals surface area (Å²) in [6.45, 7) is 0. The van der Waals surface area contributed by atoms with E-state index in [1.165, 1.54) is 32.7 Å². The summed E-state index contributed by atoms with van der Waals surface area (Å²) in [5, 5.41) is 9.14. The van der Waals surface area contributed by atoms with Gasteiger partial charge in [-0.15, -0.1) is 0 Å². The fourth-order valence-corrected chi connectivity index (χ4v) is 7.78. The van der Waals surface area contributed by atoms with Crippen LogP contribution in [0.15, 0.2) is 156 Å². The van der Waals surface area contributed by atoms with E-state index in [1.807, 2.05) is 12.1 Å². The van der Waals surface area contributed by atoms with Crippen molar-refractivity contribution < 1.29 is 4.42 Å². The van der Waals surface area contributed by atoms with Crippen LogP contribution in [0, 0.1) is 0 Å². The molecule has 0 aliphatic heterocycles. The summed E-state index contributed by atoms with van der Waals surface area (Å²) in [5.41, 5.74) is 9.15.